The zero-order valence-corrected chi connectivity index (χ0v) is 10.9. The molecule has 7 heteroatoms. The van der Waals surface area contributed by atoms with Crippen LogP contribution in [0.25, 0.3) is 5.69 Å². The first-order valence-corrected chi connectivity index (χ1v) is 5.84. The van der Waals surface area contributed by atoms with Crippen molar-refractivity contribution in [2.45, 2.75) is 0 Å². The molecular formula is C13H14N3O4+. The summed E-state index contributed by atoms with van der Waals surface area (Å²) in [4.78, 5) is 23.5. The molecule has 0 saturated carbocycles. The van der Waals surface area contributed by atoms with Gasteiger partial charge in [-0.15, -0.1) is 6.58 Å². The highest BCUT2D eigenvalue weighted by Gasteiger charge is 2.30. The minimum atomic E-state index is -0.748. The number of carbonyl (C=O) groups excluding carboxylic acids is 1. The molecular weight excluding hydrogens is 262 g/mol. The Morgan fingerprint density at radius 3 is 2.80 bits per heavy atom. The number of hydrogen-bond acceptors (Lipinski definition) is 4. The number of methoxy groups -OCH3 is 1. The van der Waals surface area contributed by atoms with E-state index >= 15 is 0 Å². The average molecular weight is 276 g/mol. The summed E-state index contributed by atoms with van der Waals surface area (Å²) in [5.41, 5.74) is -0.320. The molecule has 0 aliphatic carbocycles. The summed E-state index contributed by atoms with van der Waals surface area (Å²) in [5.74, 6) is 0.119. The van der Waals surface area contributed by atoms with E-state index in [0.29, 0.717) is 11.4 Å². The van der Waals surface area contributed by atoms with Gasteiger partial charge in [-0.1, -0.05) is 6.08 Å². The SMILES string of the molecule is C=CCNC(=O)c1c(=O)o[nH][n+]1-c1ccc(OC)cc1. The minimum Gasteiger partial charge on any atom is -0.497 e. The van der Waals surface area contributed by atoms with E-state index in [1.807, 2.05) is 0 Å². The number of amides is 1. The van der Waals surface area contributed by atoms with Crippen molar-refractivity contribution < 1.29 is 18.7 Å². The van der Waals surface area contributed by atoms with Crippen LogP contribution in [0.1, 0.15) is 10.5 Å². The van der Waals surface area contributed by atoms with Crippen molar-refractivity contribution in [3.63, 3.8) is 0 Å². The Morgan fingerprint density at radius 2 is 2.20 bits per heavy atom. The second kappa shape index (κ2) is 5.87. The summed E-state index contributed by atoms with van der Waals surface area (Å²) in [6.07, 6.45) is 1.52. The Hall–Kier alpha value is -2.83. The maximum absolute atomic E-state index is 11.9. The van der Waals surface area contributed by atoms with Crippen LogP contribution in [0.15, 0.2) is 46.2 Å². The first-order chi connectivity index (χ1) is 9.67. The van der Waals surface area contributed by atoms with Crippen molar-refractivity contribution in [1.29, 1.82) is 0 Å². The molecule has 2 aromatic rings. The summed E-state index contributed by atoms with van der Waals surface area (Å²) in [6.45, 7) is 3.75. The largest absolute Gasteiger partial charge is 0.497 e. The first-order valence-electron chi connectivity index (χ1n) is 5.84. The predicted octanol–water partition coefficient (Wildman–Crippen LogP) is 0.169. The second-order valence-corrected chi connectivity index (χ2v) is 3.86. The molecule has 104 valence electrons. The molecule has 1 amide bonds. The predicted molar refractivity (Wildman–Crippen MR) is 69.9 cm³/mol. The molecule has 0 fully saturated rings. The Labute approximate surface area is 114 Å². The number of nitrogens with one attached hydrogen (secondary N) is 2. The second-order valence-electron chi connectivity index (χ2n) is 3.86. The number of ether oxygens (including phenoxy) is 1. The molecule has 0 saturated heterocycles. The van der Waals surface area contributed by atoms with Gasteiger partial charge in [-0.3, -0.25) is 9.32 Å². The van der Waals surface area contributed by atoms with Gasteiger partial charge in [-0.25, -0.2) is 4.79 Å². The highest BCUT2D eigenvalue weighted by Crippen LogP contribution is 2.10. The van der Waals surface area contributed by atoms with E-state index in [1.54, 1.807) is 31.4 Å². The lowest BCUT2D eigenvalue weighted by Crippen LogP contribution is -2.44. The van der Waals surface area contributed by atoms with E-state index < -0.39 is 11.5 Å². The number of hydrogen-bond donors (Lipinski definition) is 2. The Balaban J connectivity index is 2.39. The van der Waals surface area contributed by atoms with Crippen LogP contribution >= 0.6 is 0 Å². The molecule has 0 bridgehead atoms. The maximum atomic E-state index is 11.9. The van der Waals surface area contributed by atoms with Crippen LogP contribution in [0, 0.1) is 0 Å². The quantitative estimate of drug-likeness (QED) is 0.602. The Kier molecular flexibility index (Phi) is 3.99. The lowest BCUT2D eigenvalue weighted by Gasteiger charge is -1.98. The van der Waals surface area contributed by atoms with Crippen molar-refractivity contribution in [1.82, 2.24) is 10.6 Å². The molecule has 0 aliphatic heterocycles. The summed E-state index contributed by atoms with van der Waals surface area (Å²) >= 11 is 0. The van der Waals surface area contributed by atoms with Crippen LogP contribution in [-0.2, 0) is 0 Å². The molecule has 2 N–H and O–H groups in total. The van der Waals surface area contributed by atoms with Gasteiger partial charge >= 0.3 is 17.2 Å². The maximum Gasteiger partial charge on any atom is 0.441 e. The fourth-order valence-electron chi connectivity index (χ4n) is 1.63. The van der Waals surface area contributed by atoms with E-state index in [1.165, 1.54) is 10.8 Å². The number of aromatic nitrogens is 2. The van der Waals surface area contributed by atoms with Gasteiger partial charge in [0.2, 0.25) is 5.69 Å². The van der Waals surface area contributed by atoms with Gasteiger partial charge in [0.05, 0.1) is 7.11 Å². The average Bonchev–Trinajstić information content (AvgIpc) is 2.86. The third-order valence-electron chi connectivity index (χ3n) is 2.60. The van der Waals surface area contributed by atoms with Gasteiger partial charge in [-0.2, -0.15) is 0 Å². The lowest BCUT2D eigenvalue weighted by molar-refractivity contribution is -0.672. The molecule has 1 aromatic carbocycles. The number of rotatable bonds is 5. The Morgan fingerprint density at radius 1 is 1.50 bits per heavy atom. The number of nitrogens with zero attached hydrogens (tertiary/aromatic N) is 1. The Bertz CT molecular complexity index is 670. The van der Waals surface area contributed by atoms with Gasteiger partial charge in [0.15, 0.2) is 0 Å². The van der Waals surface area contributed by atoms with Crippen molar-refractivity contribution in [2.24, 2.45) is 0 Å². The third-order valence-corrected chi connectivity index (χ3v) is 2.60. The summed E-state index contributed by atoms with van der Waals surface area (Å²) < 4.78 is 11.0. The molecule has 20 heavy (non-hydrogen) atoms. The van der Waals surface area contributed by atoms with Crippen LogP contribution in [0.3, 0.4) is 0 Å². The molecule has 0 aliphatic rings. The normalized spacial score (nSPS) is 10.1. The summed E-state index contributed by atoms with van der Waals surface area (Å²) in [6, 6.07) is 6.79. The zero-order valence-electron chi connectivity index (χ0n) is 10.9. The van der Waals surface area contributed by atoms with Gasteiger partial charge in [0, 0.05) is 18.7 Å². The summed E-state index contributed by atoms with van der Waals surface area (Å²) in [5, 5.41) is 4.91. The van der Waals surface area contributed by atoms with Crippen LogP contribution in [0.5, 0.6) is 5.75 Å². The third kappa shape index (κ3) is 2.61. The van der Waals surface area contributed by atoms with Crippen molar-refractivity contribution in [2.75, 3.05) is 13.7 Å². The smallest absolute Gasteiger partial charge is 0.441 e. The summed E-state index contributed by atoms with van der Waals surface area (Å²) in [7, 11) is 1.55. The van der Waals surface area contributed by atoms with E-state index in [0.717, 1.165) is 0 Å². The van der Waals surface area contributed by atoms with Crippen molar-refractivity contribution in [3.8, 4) is 11.4 Å². The van der Waals surface area contributed by atoms with Gasteiger partial charge in [0.25, 0.3) is 0 Å². The fraction of sp³-hybridized carbons (Fsp3) is 0.154. The van der Waals surface area contributed by atoms with Gasteiger partial charge < -0.3 is 10.1 Å². The molecule has 1 heterocycles. The molecule has 0 atom stereocenters. The number of aromatic amines is 1. The molecule has 7 nitrogen and oxygen atoms in total. The van der Waals surface area contributed by atoms with Crippen LogP contribution < -0.4 is 20.4 Å². The van der Waals surface area contributed by atoms with E-state index in [9.17, 15) is 9.59 Å². The number of H-pyrrole nitrogens is 1. The molecule has 2 rings (SSSR count). The van der Waals surface area contributed by atoms with Crippen molar-refractivity contribution >= 4 is 5.91 Å². The van der Waals surface area contributed by atoms with Crippen LogP contribution in [0.2, 0.25) is 0 Å². The van der Waals surface area contributed by atoms with E-state index in [2.05, 4.69) is 21.7 Å². The zero-order chi connectivity index (χ0) is 14.5. The number of carbonyl (C=O) groups is 1. The topological polar surface area (TPSA) is 88.2 Å². The first kappa shape index (κ1) is 13.6. The number of benzene rings is 1. The fourth-order valence-corrected chi connectivity index (χ4v) is 1.63. The molecule has 0 unspecified atom stereocenters. The van der Waals surface area contributed by atoms with Crippen molar-refractivity contribution in [3.05, 3.63) is 53.0 Å². The molecule has 0 spiro atoms. The highest BCUT2D eigenvalue weighted by atomic mass is 16.5. The van der Waals surface area contributed by atoms with Gasteiger partial charge in [-0.05, 0) is 22.1 Å². The highest BCUT2D eigenvalue weighted by molar-refractivity contribution is 5.90. The lowest BCUT2D eigenvalue weighted by atomic mass is 10.3. The van der Waals surface area contributed by atoms with Gasteiger partial charge in [0.1, 0.15) is 5.75 Å². The van der Waals surface area contributed by atoms with E-state index in [-0.39, 0.29) is 12.2 Å². The molecule has 1 aromatic heterocycles. The van der Waals surface area contributed by atoms with E-state index in [4.69, 9.17) is 4.74 Å². The minimum absolute atomic E-state index is 0.142. The van der Waals surface area contributed by atoms with Crippen LogP contribution in [-0.4, -0.2) is 24.8 Å². The monoisotopic (exact) mass is 276 g/mol. The standard InChI is InChI=1S/C13H13N3O4/c1-3-8-14-12(17)11-13(18)20-15-16(11)9-4-6-10(19-2)7-5-9/h3-7H,1,8H2,2H3,(H-,14,15,17,18)/p+1. The van der Waals surface area contributed by atoms with Crippen LogP contribution in [0.4, 0.5) is 0 Å². The molecule has 0 radical (unpaired) electrons.